The highest BCUT2D eigenvalue weighted by molar-refractivity contribution is 7.71. The maximum Gasteiger partial charge on any atom is 0.106 e. The first-order valence-corrected chi connectivity index (χ1v) is 7.06. The fourth-order valence-corrected chi connectivity index (χ4v) is 2.85. The summed E-state index contributed by atoms with van der Waals surface area (Å²) in [7, 11) is 0. The zero-order chi connectivity index (χ0) is 12.3. The summed E-state index contributed by atoms with van der Waals surface area (Å²) in [6.07, 6.45) is 7.31. The lowest BCUT2D eigenvalue weighted by Gasteiger charge is -2.35. The van der Waals surface area contributed by atoms with Crippen LogP contribution in [0.15, 0.2) is 12.3 Å². The molecule has 0 aromatic carbocycles. The van der Waals surface area contributed by atoms with Gasteiger partial charge in [-0.3, -0.25) is 4.90 Å². The normalized spacial score (nSPS) is 21.6. The average Bonchev–Trinajstić information content (AvgIpc) is 2.34. The van der Waals surface area contributed by atoms with Gasteiger partial charge in [-0.05, 0) is 50.4 Å². The van der Waals surface area contributed by atoms with E-state index in [-0.39, 0.29) is 0 Å². The van der Waals surface area contributed by atoms with Crippen LogP contribution in [-0.2, 0) is 0 Å². The summed E-state index contributed by atoms with van der Waals surface area (Å²) < 4.78 is 0.867. The Kier molecular flexibility index (Phi) is 4.35. The number of aryl methyl sites for hydroxylation is 1. The molecule has 1 unspecified atom stereocenters. The number of hydrogen-bond donors (Lipinski definition) is 1. The third kappa shape index (κ3) is 2.96. The SMILES string of the molecule is CCCN1CCCCC1c1c[nH]c(=S)c(C)c1. The summed E-state index contributed by atoms with van der Waals surface area (Å²) in [4.78, 5) is 5.84. The third-order valence-electron chi connectivity index (χ3n) is 3.62. The lowest BCUT2D eigenvalue weighted by Crippen LogP contribution is -2.34. The number of aromatic amines is 1. The van der Waals surface area contributed by atoms with Crippen LogP contribution in [0.1, 0.15) is 49.8 Å². The molecule has 1 atom stereocenters. The van der Waals surface area contributed by atoms with Gasteiger partial charge < -0.3 is 4.98 Å². The monoisotopic (exact) mass is 250 g/mol. The summed E-state index contributed by atoms with van der Waals surface area (Å²) in [6.45, 7) is 6.80. The van der Waals surface area contributed by atoms with E-state index in [1.807, 2.05) is 0 Å². The van der Waals surface area contributed by atoms with Gasteiger partial charge in [0.05, 0.1) is 0 Å². The Morgan fingerprint density at radius 1 is 1.47 bits per heavy atom. The van der Waals surface area contributed by atoms with E-state index in [0.717, 1.165) is 4.64 Å². The van der Waals surface area contributed by atoms with Gasteiger partial charge in [-0.1, -0.05) is 31.6 Å². The van der Waals surface area contributed by atoms with E-state index in [0.29, 0.717) is 6.04 Å². The smallest absolute Gasteiger partial charge is 0.106 e. The third-order valence-corrected chi connectivity index (χ3v) is 4.06. The van der Waals surface area contributed by atoms with Gasteiger partial charge >= 0.3 is 0 Å². The number of piperidine rings is 1. The van der Waals surface area contributed by atoms with Crippen molar-refractivity contribution in [1.29, 1.82) is 0 Å². The van der Waals surface area contributed by atoms with Crippen LogP contribution < -0.4 is 0 Å². The molecule has 3 heteroatoms. The molecule has 1 aromatic rings. The van der Waals surface area contributed by atoms with E-state index in [1.54, 1.807) is 0 Å². The van der Waals surface area contributed by atoms with Gasteiger partial charge in [-0.25, -0.2) is 0 Å². The number of hydrogen-bond acceptors (Lipinski definition) is 2. The first-order chi connectivity index (χ1) is 8.22. The van der Waals surface area contributed by atoms with Gasteiger partial charge in [0.2, 0.25) is 0 Å². The molecule has 2 nitrogen and oxygen atoms in total. The predicted molar refractivity (Wildman–Crippen MR) is 74.8 cm³/mol. The minimum Gasteiger partial charge on any atom is -0.352 e. The standard InChI is InChI=1S/C14H22N2S/c1-3-7-16-8-5-4-6-13(16)12-9-11(2)14(17)15-10-12/h9-10,13H,3-8H2,1-2H3,(H,15,17). The maximum atomic E-state index is 5.23. The Balaban J connectivity index is 2.23. The zero-order valence-electron chi connectivity index (χ0n) is 10.8. The maximum absolute atomic E-state index is 5.23. The minimum absolute atomic E-state index is 0.592. The molecule has 1 aliphatic heterocycles. The van der Waals surface area contributed by atoms with E-state index in [2.05, 4.69) is 36.0 Å². The minimum atomic E-state index is 0.592. The van der Waals surface area contributed by atoms with E-state index in [9.17, 15) is 0 Å². The van der Waals surface area contributed by atoms with Gasteiger partial charge in [-0.2, -0.15) is 0 Å². The second kappa shape index (κ2) is 5.78. The van der Waals surface area contributed by atoms with Crippen molar-refractivity contribution in [3.63, 3.8) is 0 Å². The Labute approximate surface area is 109 Å². The van der Waals surface area contributed by atoms with E-state index < -0.39 is 0 Å². The molecule has 1 N–H and O–H groups in total. The highest BCUT2D eigenvalue weighted by atomic mass is 32.1. The summed E-state index contributed by atoms with van der Waals surface area (Å²) >= 11 is 5.23. The Hall–Kier alpha value is -0.670. The van der Waals surface area contributed by atoms with Crippen LogP contribution in [0, 0.1) is 11.6 Å². The molecule has 2 heterocycles. The van der Waals surface area contributed by atoms with Crippen molar-refractivity contribution in [3.05, 3.63) is 28.0 Å². The van der Waals surface area contributed by atoms with Gasteiger partial charge in [0.15, 0.2) is 0 Å². The molecular formula is C14H22N2S. The van der Waals surface area contributed by atoms with Crippen LogP contribution in [0.5, 0.6) is 0 Å². The first kappa shape index (κ1) is 12.8. The van der Waals surface area contributed by atoms with Crippen LogP contribution in [0.3, 0.4) is 0 Å². The fraction of sp³-hybridized carbons (Fsp3) is 0.643. The molecule has 0 aliphatic carbocycles. The molecule has 1 fully saturated rings. The molecule has 0 saturated carbocycles. The van der Waals surface area contributed by atoms with Crippen molar-refractivity contribution < 1.29 is 0 Å². The summed E-state index contributed by atoms with van der Waals surface area (Å²) in [6, 6.07) is 2.85. The first-order valence-electron chi connectivity index (χ1n) is 6.65. The number of aromatic nitrogens is 1. The number of rotatable bonds is 3. The molecule has 0 radical (unpaired) electrons. The molecule has 0 bridgehead atoms. The van der Waals surface area contributed by atoms with Gasteiger partial charge in [-0.15, -0.1) is 0 Å². The molecular weight excluding hydrogens is 228 g/mol. The molecule has 94 valence electrons. The second-order valence-corrected chi connectivity index (χ2v) is 5.40. The van der Waals surface area contributed by atoms with Gasteiger partial charge in [0, 0.05) is 12.2 Å². The van der Waals surface area contributed by atoms with Crippen molar-refractivity contribution in [2.24, 2.45) is 0 Å². The number of likely N-dealkylation sites (tertiary alicyclic amines) is 1. The van der Waals surface area contributed by atoms with Crippen molar-refractivity contribution in [2.45, 2.75) is 45.6 Å². The average molecular weight is 250 g/mol. The summed E-state index contributed by atoms with van der Waals surface area (Å²) in [5.74, 6) is 0. The van der Waals surface area contributed by atoms with Crippen LogP contribution in [0.2, 0.25) is 0 Å². The van der Waals surface area contributed by atoms with Crippen molar-refractivity contribution >= 4 is 12.2 Å². The topological polar surface area (TPSA) is 19.0 Å². The lowest BCUT2D eigenvalue weighted by molar-refractivity contribution is 0.149. The largest absolute Gasteiger partial charge is 0.352 e. The van der Waals surface area contributed by atoms with Crippen molar-refractivity contribution in [1.82, 2.24) is 9.88 Å². The Morgan fingerprint density at radius 2 is 2.29 bits per heavy atom. The van der Waals surface area contributed by atoms with Gasteiger partial charge in [0.1, 0.15) is 4.64 Å². The molecule has 1 saturated heterocycles. The Morgan fingerprint density at radius 3 is 3.00 bits per heavy atom. The van der Waals surface area contributed by atoms with Crippen LogP contribution in [0.4, 0.5) is 0 Å². The quantitative estimate of drug-likeness (QED) is 0.818. The summed E-state index contributed by atoms with van der Waals surface area (Å²) in [5, 5.41) is 0. The molecule has 0 spiro atoms. The second-order valence-electron chi connectivity index (χ2n) is 4.99. The Bertz CT molecular complexity index is 422. The van der Waals surface area contributed by atoms with Crippen LogP contribution >= 0.6 is 12.2 Å². The van der Waals surface area contributed by atoms with E-state index in [1.165, 1.54) is 49.9 Å². The number of nitrogens with one attached hydrogen (secondary N) is 1. The van der Waals surface area contributed by atoms with Crippen LogP contribution in [0.25, 0.3) is 0 Å². The lowest BCUT2D eigenvalue weighted by atomic mass is 9.95. The number of pyridine rings is 1. The van der Waals surface area contributed by atoms with Crippen molar-refractivity contribution in [2.75, 3.05) is 13.1 Å². The molecule has 0 amide bonds. The number of nitrogens with zero attached hydrogens (tertiary/aromatic N) is 1. The highest BCUT2D eigenvalue weighted by Gasteiger charge is 2.23. The van der Waals surface area contributed by atoms with Gasteiger partial charge in [0.25, 0.3) is 0 Å². The summed E-state index contributed by atoms with van der Waals surface area (Å²) in [5.41, 5.74) is 2.60. The fourth-order valence-electron chi connectivity index (χ4n) is 2.74. The van der Waals surface area contributed by atoms with E-state index in [4.69, 9.17) is 12.2 Å². The highest BCUT2D eigenvalue weighted by Crippen LogP contribution is 2.30. The predicted octanol–water partition coefficient (Wildman–Crippen LogP) is 3.99. The van der Waals surface area contributed by atoms with E-state index >= 15 is 0 Å². The van der Waals surface area contributed by atoms with Crippen molar-refractivity contribution in [3.8, 4) is 0 Å². The molecule has 2 rings (SSSR count). The van der Waals surface area contributed by atoms with Crippen LogP contribution in [-0.4, -0.2) is 23.0 Å². The molecule has 17 heavy (non-hydrogen) atoms. The zero-order valence-corrected chi connectivity index (χ0v) is 11.6. The number of H-pyrrole nitrogens is 1. The molecule has 1 aromatic heterocycles. The molecule has 1 aliphatic rings.